The summed E-state index contributed by atoms with van der Waals surface area (Å²) in [6.07, 6.45) is 6.77. The van der Waals surface area contributed by atoms with Crippen molar-refractivity contribution < 1.29 is 0 Å². The molecule has 1 rings (SSSR count). The van der Waals surface area contributed by atoms with Crippen LogP contribution in [0.5, 0.6) is 0 Å². The molecule has 0 spiro atoms. The highest BCUT2D eigenvalue weighted by Crippen LogP contribution is 2.18. The molecular weight excluding hydrogens is 194 g/mol. The first-order valence-corrected chi connectivity index (χ1v) is 6.52. The van der Waals surface area contributed by atoms with Crippen molar-refractivity contribution >= 4 is 5.69 Å². The zero-order valence-corrected chi connectivity index (χ0v) is 11.0. The van der Waals surface area contributed by atoms with Gasteiger partial charge in [0.2, 0.25) is 0 Å². The second-order valence-electron chi connectivity index (χ2n) is 4.62. The summed E-state index contributed by atoms with van der Waals surface area (Å²) in [6.45, 7) is 5.62. The highest BCUT2D eigenvalue weighted by Gasteiger charge is 2.02. The van der Waals surface area contributed by atoms with E-state index in [1.165, 1.54) is 49.9 Å². The molecule has 0 amide bonds. The normalized spacial score (nSPS) is 10.4. The fourth-order valence-electron chi connectivity index (χ4n) is 2.06. The van der Waals surface area contributed by atoms with Gasteiger partial charge >= 0.3 is 0 Å². The van der Waals surface area contributed by atoms with E-state index in [9.17, 15) is 0 Å². The lowest BCUT2D eigenvalue weighted by Crippen LogP contribution is -2.19. The highest BCUT2D eigenvalue weighted by atomic mass is 15.1. The topological polar surface area (TPSA) is 3.24 Å². The lowest BCUT2D eigenvalue weighted by atomic mass is 10.1. The summed E-state index contributed by atoms with van der Waals surface area (Å²) < 4.78 is 0. The molecule has 0 radical (unpaired) electrons. The van der Waals surface area contributed by atoms with Crippen LogP contribution < -0.4 is 4.90 Å². The first-order valence-electron chi connectivity index (χ1n) is 6.52. The number of hydrogen-bond donors (Lipinski definition) is 0. The summed E-state index contributed by atoms with van der Waals surface area (Å²) in [5.74, 6) is 0. The minimum Gasteiger partial charge on any atom is -0.374 e. The Hall–Kier alpha value is -0.980. The Kier molecular flexibility index (Phi) is 5.99. The number of aryl methyl sites for hydroxylation is 1. The first-order chi connectivity index (χ1) is 7.75. The average Bonchev–Trinajstić information content (AvgIpc) is 2.29. The number of hydrogen-bond acceptors (Lipinski definition) is 1. The number of benzene rings is 1. The second-order valence-corrected chi connectivity index (χ2v) is 4.62. The molecule has 1 nitrogen and oxygen atoms in total. The summed E-state index contributed by atoms with van der Waals surface area (Å²) in [5.41, 5.74) is 2.75. The maximum atomic E-state index is 2.38. The Morgan fingerprint density at radius 1 is 1.00 bits per heavy atom. The smallest absolute Gasteiger partial charge is 0.0393 e. The van der Waals surface area contributed by atoms with Gasteiger partial charge in [-0.1, -0.05) is 50.8 Å². The molecule has 0 aliphatic rings. The number of unbranched alkanes of at least 4 members (excludes halogenated alkanes) is 4. The lowest BCUT2D eigenvalue weighted by Gasteiger charge is -2.21. The summed E-state index contributed by atoms with van der Waals surface area (Å²) in [4.78, 5) is 2.38. The van der Waals surface area contributed by atoms with Crippen LogP contribution in [0.2, 0.25) is 0 Å². The maximum Gasteiger partial charge on any atom is 0.0393 e. The van der Waals surface area contributed by atoms with E-state index in [0.29, 0.717) is 0 Å². The SMILES string of the molecule is CCCCCCCN(C)c1ccccc1C. The molecule has 0 N–H and O–H groups in total. The molecule has 0 unspecified atom stereocenters. The van der Waals surface area contributed by atoms with Gasteiger partial charge in [-0.05, 0) is 25.0 Å². The third kappa shape index (κ3) is 4.26. The molecule has 0 fully saturated rings. The zero-order chi connectivity index (χ0) is 11.8. The summed E-state index contributed by atoms with van der Waals surface area (Å²) in [7, 11) is 2.20. The molecule has 0 atom stereocenters. The fraction of sp³-hybridized carbons (Fsp3) is 0.600. The third-order valence-electron chi connectivity index (χ3n) is 3.12. The van der Waals surface area contributed by atoms with Crippen LogP contribution in [0.25, 0.3) is 0 Å². The van der Waals surface area contributed by atoms with Crippen molar-refractivity contribution in [2.45, 2.75) is 46.0 Å². The van der Waals surface area contributed by atoms with Gasteiger partial charge in [-0.2, -0.15) is 0 Å². The Labute approximate surface area is 100 Å². The van der Waals surface area contributed by atoms with E-state index in [1.54, 1.807) is 0 Å². The van der Waals surface area contributed by atoms with Crippen LogP contribution in [0.1, 0.15) is 44.6 Å². The Balaban J connectivity index is 2.30. The molecular formula is C15H25N. The molecule has 0 bridgehead atoms. The van der Waals surface area contributed by atoms with Gasteiger partial charge in [-0.15, -0.1) is 0 Å². The van der Waals surface area contributed by atoms with Gasteiger partial charge in [0.1, 0.15) is 0 Å². The van der Waals surface area contributed by atoms with Gasteiger partial charge in [-0.25, -0.2) is 0 Å². The van der Waals surface area contributed by atoms with Crippen molar-refractivity contribution in [3.63, 3.8) is 0 Å². The zero-order valence-electron chi connectivity index (χ0n) is 11.0. The van der Waals surface area contributed by atoms with Crippen molar-refractivity contribution in [1.29, 1.82) is 0 Å². The van der Waals surface area contributed by atoms with E-state index >= 15 is 0 Å². The second kappa shape index (κ2) is 7.32. The van der Waals surface area contributed by atoms with Crippen LogP contribution in [0.15, 0.2) is 24.3 Å². The Morgan fingerprint density at radius 2 is 1.69 bits per heavy atom. The Bertz CT molecular complexity index is 293. The maximum absolute atomic E-state index is 2.38. The summed E-state index contributed by atoms with van der Waals surface area (Å²) in [5, 5.41) is 0. The molecule has 0 heterocycles. The van der Waals surface area contributed by atoms with Crippen molar-refractivity contribution in [2.75, 3.05) is 18.5 Å². The van der Waals surface area contributed by atoms with Crippen molar-refractivity contribution in [2.24, 2.45) is 0 Å². The van der Waals surface area contributed by atoms with Crippen LogP contribution in [-0.2, 0) is 0 Å². The molecule has 0 aromatic heterocycles. The van der Waals surface area contributed by atoms with Crippen molar-refractivity contribution in [3.8, 4) is 0 Å². The predicted molar refractivity (Wildman–Crippen MR) is 73.2 cm³/mol. The Morgan fingerprint density at radius 3 is 2.38 bits per heavy atom. The van der Waals surface area contributed by atoms with Gasteiger partial charge in [0, 0.05) is 19.3 Å². The van der Waals surface area contributed by atoms with Gasteiger partial charge in [0.05, 0.1) is 0 Å². The minimum atomic E-state index is 1.18. The van der Waals surface area contributed by atoms with E-state index in [0.717, 1.165) is 0 Å². The molecule has 0 aliphatic heterocycles. The third-order valence-corrected chi connectivity index (χ3v) is 3.12. The van der Waals surface area contributed by atoms with Crippen LogP contribution in [0.3, 0.4) is 0 Å². The first kappa shape index (κ1) is 13.1. The van der Waals surface area contributed by atoms with E-state index in [4.69, 9.17) is 0 Å². The fourth-order valence-corrected chi connectivity index (χ4v) is 2.06. The van der Waals surface area contributed by atoms with Crippen molar-refractivity contribution in [1.82, 2.24) is 0 Å². The van der Waals surface area contributed by atoms with Crippen molar-refractivity contribution in [3.05, 3.63) is 29.8 Å². The van der Waals surface area contributed by atoms with Crippen LogP contribution in [0.4, 0.5) is 5.69 Å². The minimum absolute atomic E-state index is 1.18. The molecule has 16 heavy (non-hydrogen) atoms. The van der Waals surface area contributed by atoms with E-state index in [-0.39, 0.29) is 0 Å². The average molecular weight is 219 g/mol. The monoisotopic (exact) mass is 219 g/mol. The van der Waals surface area contributed by atoms with Crippen LogP contribution in [0, 0.1) is 6.92 Å². The molecule has 0 saturated heterocycles. The number of rotatable bonds is 7. The molecule has 0 aliphatic carbocycles. The number of nitrogens with zero attached hydrogens (tertiary/aromatic N) is 1. The molecule has 1 heteroatoms. The number of para-hydroxylation sites is 1. The van der Waals surface area contributed by atoms with Crippen LogP contribution >= 0.6 is 0 Å². The van der Waals surface area contributed by atoms with Crippen LogP contribution in [-0.4, -0.2) is 13.6 Å². The molecule has 1 aromatic carbocycles. The summed E-state index contributed by atoms with van der Waals surface area (Å²) >= 11 is 0. The lowest BCUT2D eigenvalue weighted by molar-refractivity contribution is 0.629. The molecule has 90 valence electrons. The van der Waals surface area contributed by atoms with E-state index < -0.39 is 0 Å². The predicted octanol–water partition coefficient (Wildman–Crippen LogP) is 4.40. The van der Waals surface area contributed by atoms with Gasteiger partial charge < -0.3 is 4.90 Å². The standard InChI is InChI=1S/C15H25N/c1-4-5-6-7-10-13-16(3)15-12-9-8-11-14(15)2/h8-9,11-12H,4-7,10,13H2,1-3H3. The van der Waals surface area contributed by atoms with Gasteiger partial charge in [0.15, 0.2) is 0 Å². The molecule has 0 saturated carbocycles. The highest BCUT2D eigenvalue weighted by molar-refractivity contribution is 5.52. The largest absolute Gasteiger partial charge is 0.374 e. The summed E-state index contributed by atoms with van der Waals surface area (Å²) in [6, 6.07) is 8.62. The molecule has 1 aromatic rings. The van der Waals surface area contributed by atoms with E-state index in [1.807, 2.05) is 0 Å². The van der Waals surface area contributed by atoms with Gasteiger partial charge in [-0.3, -0.25) is 0 Å². The van der Waals surface area contributed by atoms with Gasteiger partial charge in [0.25, 0.3) is 0 Å². The number of anilines is 1. The van der Waals surface area contributed by atoms with E-state index in [2.05, 4.69) is 50.1 Å². The quantitative estimate of drug-likeness (QED) is 0.614.